The van der Waals surface area contributed by atoms with Gasteiger partial charge < -0.3 is 28.8 Å². The standard InChI is InChI=1S/C34H49NO11/c1-18(2)22(36)21(19-15-13-12-14-16-19)26(37)35-27-25(46-31(35)41)24(45-30(40)34(9,10)11)23(44-27)20(43-29(39)33(6,7)8)17-42-28(38)32(3,4)5/h12-16,18,20-25,27,36H,17H2,1-11H3/t20-,21-,22-,23-,24+,25-,27+/m1/s1. The van der Waals surface area contributed by atoms with Crippen LogP contribution in [0.3, 0.4) is 0 Å². The number of nitrogens with zero attached hydrogens (tertiary/aromatic N) is 1. The van der Waals surface area contributed by atoms with Gasteiger partial charge in [-0.15, -0.1) is 0 Å². The number of rotatable bonds is 9. The van der Waals surface area contributed by atoms with Crippen molar-refractivity contribution in [2.24, 2.45) is 22.2 Å². The molecule has 7 atom stereocenters. The summed E-state index contributed by atoms with van der Waals surface area (Å²) in [4.78, 5) is 67.3. The van der Waals surface area contributed by atoms with Crippen LogP contribution >= 0.6 is 0 Å². The molecule has 0 saturated carbocycles. The molecule has 1 aromatic carbocycles. The van der Waals surface area contributed by atoms with Gasteiger partial charge in [0.15, 0.2) is 24.5 Å². The SMILES string of the molecule is CC(C)[C@@H](O)[C@H](C(=O)N1C(=O)O[C@@H]2[C@@H](OC(=O)C(C)(C)C)[C@@H]([C@@H](COC(=O)C(C)(C)C)OC(=O)C(C)(C)C)O[C@@H]21)c1ccccc1. The summed E-state index contributed by atoms with van der Waals surface area (Å²) in [7, 11) is 0. The Balaban J connectivity index is 2.07. The number of aliphatic hydroxyl groups excluding tert-OH is 1. The zero-order chi connectivity index (χ0) is 34.9. The summed E-state index contributed by atoms with van der Waals surface area (Å²) < 4.78 is 29.1. The second-order valence-corrected chi connectivity index (χ2v) is 15.3. The molecule has 0 bridgehead atoms. The van der Waals surface area contributed by atoms with E-state index in [1.807, 2.05) is 0 Å². The summed E-state index contributed by atoms with van der Waals surface area (Å²) in [5, 5.41) is 11.1. The van der Waals surface area contributed by atoms with E-state index in [4.69, 9.17) is 23.7 Å². The smallest absolute Gasteiger partial charge is 0.419 e. The Labute approximate surface area is 271 Å². The van der Waals surface area contributed by atoms with E-state index in [1.165, 1.54) is 0 Å². The maximum atomic E-state index is 14.2. The number of amides is 2. The van der Waals surface area contributed by atoms with Gasteiger partial charge in [-0.05, 0) is 73.8 Å². The van der Waals surface area contributed by atoms with Crippen molar-refractivity contribution in [2.75, 3.05) is 6.61 Å². The van der Waals surface area contributed by atoms with Gasteiger partial charge in [-0.3, -0.25) is 19.2 Å². The van der Waals surface area contributed by atoms with Crippen LogP contribution in [0.1, 0.15) is 87.6 Å². The second kappa shape index (κ2) is 13.7. The lowest BCUT2D eigenvalue weighted by Crippen LogP contribution is -2.49. The van der Waals surface area contributed by atoms with Crippen LogP contribution in [0.2, 0.25) is 0 Å². The molecule has 3 rings (SSSR count). The molecule has 2 heterocycles. The monoisotopic (exact) mass is 647 g/mol. The van der Waals surface area contributed by atoms with E-state index < -0.39 is 95.4 Å². The molecule has 12 nitrogen and oxygen atoms in total. The van der Waals surface area contributed by atoms with Gasteiger partial charge >= 0.3 is 24.0 Å². The number of esters is 3. The van der Waals surface area contributed by atoms with Crippen molar-refractivity contribution in [1.82, 2.24) is 4.90 Å². The highest BCUT2D eigenvalue weighted by Gasteiger charge is 2.63. The van der Waals surface area contributed by atoms with Gasteiger partial charge in [0.2, 0.25) is 5.91 Å². The lowest BCUT2D eigenvalue weighted by molar-refractivity contribution is -0.190. The van der Waals surface area contributed by atoms with E-state index in [0.29, 0.717) is 5.56 Å². The van der Waals surface area contributed by atoms with Crippen LogP contribution in [0.5, 0.6) is 0 Å². The lowest BCUT2D eigenvalue weighted by Gasteiger charge is -2.32. The summed E-state index contributed by atoms with van der Waals surface area (Å²) in [6.07, 6.45) is -8.93. The van der Waals surface area contributed by atoms with Crippen molar-refractivity contribution < 1.29 is 52.8 Å². The van der Waals surface area contributed by atoms with Gasteiger partial charge in [0, 0.05) is 0 Å². The fraction of sp³-hybridized carbons (Fsp3) is 0.676. The number of carbonyl (C=O) groups excluding carboxylic acids is 5. The first-order valence-corrected chi connectivity index (χ1v) is 15.6. The molecule has 1 aromatic rings. The lowest BCUT2D eigenvalue weighted by atomic mass is 9.86. The van der Waals surface area contributed by atoms with Gasteiger partial charge in [-0.2, -0.15) is 0 Å². The molecule has 12 heteroatoms. The third-order valence-corrected chi connectivity index (χ3v) is 7.68. The predicted molar refractivity (Wildman–Crippen MR) is 165 cm³/mol. The van der Waals surface area contributed by atoms with Gasteiger partial charge in [0.05, 0.1) is 28.3 Å². The largest absolute Gasteiger partial charge is 0.461 e. The Hall–Kier alpha value is -3.51. The quantitative estimate of drug-likeness (QED) is 0.300. The molecule has 46 heavy (non-hydrogen) atoms. The fourth-order valence-electron chi connectivity index (χ4n) is 4.79. The molecule has 2 saturated heterocycles. The summed E-state index contributed by atoms with van der Waals surface area (Å²) in [5.74, 6) is -4.21. The number of ether oxygens (including phenoxy) is 5. The van der Waals surface area contributed by atoms with Crippen molar-refractivity contribution in [1.29, 1.82) is 0 Å². The maximum Gasteiger partial charge on any atom is 0.419 e. The van der Waals surface area contributed by atoms with Crippen LogP contribution in [0, 0.1) is 22.2 Å². The number of carbonyl (C=O) groups is 5. The summed E-state index contributed by atoms with van der Waals surface area (Å²) in [5.41, 5.74) is -2.37. The van der Waals surface area contributed by atoms with Gasteiger partial charge in [-0.25, -0.2) is 9.69 Å². The first-order valence-electron chi connectivity index (χ1n) is 15.6. The zero-order valence-electron chi connectivity index (χ0n) is 28.7. The first kappa shape index (κ1) is 37.0. The minimum absolute atomic E-state index is 0.361. The highest BCUT2D eigenvalue weighted by Crippen LogP contribution is 2.40. The van der Waals surface area contributed by atoms with E-state index >= 15 is 0 Å². The van der Waals surface area contributed by atoms with Crippen molar-refractivity contribution in [3.05, 3.63) is 35.9 Å². The van der Waals surface area contributed by atoms with Crippen molar-refractivity contribution in [3.63, 3.8) is 0 Å². The van der Waals surface area contributed by atoms with E-state index in [0.717, 1.165) is 4.90 Å². The van der Waals surface area contributed by atoms with E-state index in [-0.39, 0.29) is 5.92 Å². The minimum atomic E-state index is -1.41. The average molecular weight is 648 g/mol. The Morgan fingerprint density at radius 3 is 1.91 bits per heavy atom. The number of benzene rings is 1. The minimum Gasteiger partial charge on any atom is -0.461 e. The molecule has 2 fully saturated rings. The third-order valence-electron chi connectivity index (χ3n) is 7.68. The summed E-state index contributed by atoms with van der Waals surface area (Å²) in [6, 6.07) is 8.53. The molecule has 1 N–H and O–H groups in total. The Morgan fingerprint density at radius 2 is 1.41 bits per heavy atom. The Morgan fingerprint density at radius 1 is 0.870 bits per heavy atom. The molecule has 0 radical (unpaired) electrons. The van der Waals surface area contributed by atoms with Crippen LogP contribution in [-0.4, -0.2) is 83.3 Å². The molecule has 2 aliphatic heterocycles. The van der Waals surface area contributed by atoms with Crippen LogP contribution < -0.4 is 0 Å². The molecular formula is C34H49NO11. The topological polar surface area (TPSA) is 155 Å². The zero-order valence-corrected chi connectivity index (χ0v) is 28.7. The van der Waals surface area contributed by atoms with Crippen molar-refractivity contribution in [2.45, 2.75) is 119 Å². The number of fused-ring (bicyclic) bond motifs is 1. The first-order chi connectivity index (χ1) is 21.1. The fourth-order valence-corrected chi connectivity index (χ4v) is 4.79. The molecule has 0 aliphatic carbocycles. The average Bonchev–Trinajstić information content (AvgIpc) is 3.43. The molecule has 256 valence electrons. The summed E-state index contributed by atoms with van der Waals surface area (Å²) >= 11 is 0. The molecule has 2 aliphatic rings. The normalized spacial score (nSPS) is 23.7. The highest BCUT2D eigenvalue weighted by atomic mass is 16.7. The van der Waals surface area contributed by atoms with E-state index in [2.05, 4.69) is 0 Å². The number of hydrogen-bond donors (Lipinski definition) is 1. The van der Waals surface area contributed by atoms with Crippen molar-refractivity contribution in [3.8, 4) is 0 Å². The van der Waals surface area contributed by atoms with Crippen LogP contribution in [0.4, 0.5) is 4.79 Å². The molecule has 2 amide bonds. The second-order valence-electron chi connectivity index (χ2n) is 15.3. The molecule has 0 unspecified atom stereocenters. The number of hydrogen-bond acceptors (Lipinski definition) is 11. The van der Waals surface area contributed by atoms with Gasteiger partial charge in [-0.1, -0.05) is 44.2 Å². The van der Waals surface area contributed by atoms with E-state index in [1.54, 1.807) is 106 Å². The molecular weight excluding hydrogens is 598 g/mol. The van der Waals surface area contributed by atoms with Crippen LogP contribution in [0.25, 0.3) is 0 Å². The van der Waals surface area contributed by atoms with Gasteiger partial charge in [0.25, 0.3) is 0 Å². The maximum absolute atomic E-state index is 14.2. The van der Waals surface area contributed by atoms with Crippen LogP contribution in [-0.2, 0) is 42.9 Å². The molecule has 0 aromatic heterocycles. The predicted octanol–water partition coefficient (Wildman–Crippen LogP) is 4.36. The summed E-state index contributed by atoms with van der Waals surface area (Å²) in [6.45, 7) is 17.8. The van der Waals surface area contributed by atoms with E-state index in [9.17, 15) is 29.1 Å². The number of aliphatic hydroxyl groups is 1. The number of imide groups is 1. The highest BCUT2D eigenvalue weighted by molar-refractivity contribution is 5.97. The van der Waals surface area contributed by atoms with Gasteiger partial charge in [0.1, 0.15) is 12.7 Å². The Kier molecular flexibility index (Phi) is 11.0. The Bertz CT molecular complexity index is 1290. The van der Waals surface area contributed by atoms with Crippen LogP contribution in [0.15, 0.2) is 30.3 Å². The molecule has 0 spiro atoms. The third kappa shape index (κ3) is 8.25. The van der Waals surface area contributed by atoms with Crippen molar-refractivity contribution >= 4 is 29.9 Å².